The molecule has 0 unspecified atom stereocenters. The zero-order chi connectivity index (χ0) is 23.4. The number of rotatable bonds is 6. The van der Waals surface area contributed by atoms with E-state index in [1.165, 1.54) is 15.6 Å². The standard InChI is InChI=1S/C23H34ClN3O4S/c1-3-15-32(30,31)26-16-21(28)27(20-13-11-18(24)12-14-20)23(2,17-26)22(29)25-19-9-7-5-4-6-8-10-19/h11-14,19H,3-10,15-17H2,1-2H3,(H,25,29)/t23-/m0/s1. The van der Waals surface area contributed by atoms with Crippen LogP contribution in [0.5, 0.6) is 0 Å². The number of nitrogens with zero attached hydrogens (tertiary/aromatic N) is 2. The maximum absolute atomic E-state index is 13.7. The maximum Gasteiger partial charge on any atom is 0.247 e. The van der Waals surface area contributed by atoms with E-state index in [9.17, 15) is 18.0 Å². The van der Waals surface area contributed by atoms with E-state index in [2.05, 4.69) is 5.32 Å². The number of carbonyl (C=O) groups is 2. The van der Waals surface area contributed by atoms with Gasteiger partial charge in [0.25, 0.3) is 0 Å². The summed E-state index contributed by atoms with van der Waals surface area (Å²) in [4.78, 5) is 28.4. The fourth-order valence-corrected chi connectivity index (χ4v) is 6.34. The second kappa shape index (κ2) is 10.5. The molecular weight excluding hydrogens is 450 g/mol. The number of piperazine rings is 1. The largest absolute Gasteiger partial charge is 0.351 e. The molecule has 0 radical (unpaired) electrons. The van der Waals surface area contributed by atoms with E-state index in [-0.39, 0.29) is 30.8 Å². The summed E-state index contributed by atoms with van der Waals surface area (Å²) in [6, 6.07) is 6.74. The third-order valence-electron chi connectivity index (χ3n) is 6.41. The van der Waals surface area contributed by atoms with Gasteiger partial charge in [-0.15, -0.1) is 0 Å². The van der Waals surface area contributed by atoms with Crippen molar-refractivity contribution in [1.29, 1.82) is 0 Å². The number of anilines is 1. The van der Waals surface area contributed by atoms with Crippen molar-refractivity contribution in [2.75, 3.05) is 23.7 Å². The zero-order valence-electron chi connectivity index (χ0n) is 19.0. The van der Waals surface area contributed by atoms with Crippen molar-refractivity contribution in [2.45, 2.75) is 76.8 Å². The molecule has 32 heavy (non-hydrogen) atoms. The number of carbonyl (C=O) groups excluding carboxylic acids is 2. The highest BCUT2D eigenvalue weighted by molar-refractivity contribution is 7.89. The van der Waals surface area contributed by atoms with Gasteiger partial charge in [-0.05, 0) is 50.5 Å². The van der Waals surface area contributed by atoms with Crippen LogP contribution in [0.25, 0.3) is 0 Å². The van der Waals surface area contributed by atoms with Crippen molar-refractivity contribution >= 4 is 39.1 Å². The van der Waals surface area contributed by atoms with Gasteiger partial charge in [0.05, 0.1) is 12.3 Å². The molecule has 9 heteroatoms. The number of amides is 2. The van der Waals surface area contributed by atoms with Crippen LogP contribution in [0.2, 0.25) is 5.02 Å². The first-order valence-corrected chi connectivity index (χ1v) is 13.5. The maximum atomic E-state index is 13.7. The molecule has 1 aliphatic carbocycles. The highest BCUT2D eigenvalue weighted by atomic mass is 35.5. The first kappa shape index (κ1) is 25.0. The lowest BCUT2D eigenvalue weighted by atomic mass is 9.92. The van der Waals surface area contributed by atoms with Gasteiger partial charge in [0.1, 0.15) is 5.54 Å². The molecule has 2 fully saturated rings. The fourth-order valence-electron chi connectivity index (χ4n) is 4.68. The topological polar surface area (TPSA) is 86.8 Å². The Bertz CT molecular complexity index is 914. The van der Waals surface area contributed by atoms with Crippen LogP contribution in [0, 0.1) is 0 Å². The molecule has 1 saturated carbocycles. The summed E-state index contributed by atoms with van der Waals surface area (Å²) in [5.74, 6) is -0.794. The average Bonchev–Trinajstić information content (AvgIpc) is 2.70. The smallest absolute Gasteiger partial charge is 0.247 e. The minimum absolute atomic E-state index is 0.0319. The van der Waals surface area contributed by atoms with E-state index >= 15 is 0 Å². The molecule has 1 aromatic carbocycles. The van der Waals surface area contributed by atoms with Crippen molar-refractivity contribution in [3.8, 4) is 0 Å². The monoisotopic (exact) mass is 483 g/mol. The molecule has 1 aliphatic heterocycles. The summed E-state index contributed by atoms with van der Waals surface area (Å²) >= 11 is 6.03. The highest BCUT2D eigenvalue weighted by Gasteiger charge is 2.51. The van der Waals surface area contributed by atoms with E-state index in [1.54, 1.807) is 38.1 Å². The molecule has 2 aliphatic rings. The van der Waals surface area contributed by atoms with Gasteiger partial charge < -0.3 is 5.32 Å². The van der Waals surface area contributed by atoms with Gasteiger partial charge in [0, 0.05) is 23.3 Å². The van der Waals surface area contributed by atoms with Gasteiger partial charge >= 0.3 is 0 Å². The zero-order valence-corrected chi connectivity index (χ0v) is 20.6. The van der Waals surface area contributed by atoms with Crippen molar-refractivity contribution in [3.05, 3.63) is 29.3 Å². The third-order valence-corrected chi connectivity index (χ3v) is 8.63. The van der Waals surface area contributed by atoms with Gasteiger partial charge in [-0.3, -0.25) is 14.5 Å². The first-order chi connectivity index (χ1) is 15.2. The Morgan fingerprint density at radius 1 is 1.12 bits per heavy atom. The van der Waals surface area contributed by atoms with Crippen LogP contribution in [-0.4, -0.2) is 55.0 Å². The van der Waals surface area contributed by atoms with Gasteiger partial charge in [0.2, 0.25) is 21.8 Å². The Hall–Kier alpha value is -1.64. The Balaban J connectivity index is 1.93. The SMILES string of the molecule is CCCS(=O)(=O)N1CC(=O)N(c2ccc(Cl)cc2)[C@](C)(C(=O)NC2CCCCCCC2)C1. The lowest BCUT2D eigenvalue weighted by molar-refractivity contribution is -0.133. The van der Waals surface area contributed by atoms with Gasteiger partial charge in [-0.25, -0.2) is 8.42 Å². The number of benzene rings is 1. The molecular formula is C23H34ClN3O4S. The predicted octanol–water partition coefficient (Wildman–Crippen LogP) is 3.72. The Kier molecular flexibility index (Phi) is 8.22. The van der Waals surface area contributed by atoms with Crippen molar-refractivity contribution in [2.24, 2.45) is 0 Å². The number of halogens is 1. The molecule has 1 aromatic rings. The molecule has 3 rings (SSSR count). The first-order valence-electron chi connectivity index (χ1n) is 11.5. The molecule has 7 nitrogen and oxygen atoms in total. The Labute approximate surface area is 196 Å². The minimum Gasteiger partial charge on any atom is -0.351 e. The van der Waals surface area contributed by atoms with Crippen LogP contribution in [0.1, 0.15) is 65.2 Å². The highest BCUT2D eigenvalue weighted by Crippen LogP contribution is 2.32. The quantitative estimate of drug-likeness (QED) is 0.668. The normalized spacial score (nSPS) is 24.1. The lowest BCUT2D eigenvalue weighted by Crippen LogP contribution is -2.71. The summed E-state index contributed by atoms with van der Waals surface area (Å²) in [5.41, 5.74) is -0.839. The van der Waals surface area contributed by atoms with E-state index in [0.717, 1.165) is 38.5 Å². The van der Waals surface area contributed by atoms with Crippen molar-refractivity contribution < 1.29 is 18.0 Å². The van der Waals surface area contributed by atoms with Crippen LogP contribution in [0.3, 0.4) is 0 Å². The molecule has 1 saturated heterocycles. The second-order valence-electron chi connectivity index (χ2n) is 9.08. The molecule has 1 heterocycles. The van der Waals surface area contributed by atoms with Crippen LogP contribution < -0.4 is 10.2 Å². The van der Waals surface area contributed by atoms with E-state index < -0.39 is 21.5 Å². The van der Waals surface area contributed by atoms with Crippen LogP contribution in [0.15, 0.2) is 24.3 Å². The second-order valence-corrected chi connectivity index (χ2v) is 11.6. The number of nitrogens with one attached hydrogen (secondary N) is 1. The molecule has 0 bridgehead atoms. The average molecular weight is 484 g/mol. The Morgan fingerprint density at radius 3 is 2.31 bits per heavy atom. The summed E-state index contributed by atoms with van der Waals surface area (Å²) in [6.07, 6.45) is 7.88. The van der Waals surface area contributed by atoms with Crippen LogP contribution in [-0.2, 0) is 19.6 Å². The Morgan fingerprint density at radius 2 is 1.72 bits per heavy atom. The summed E-state index contributed by atoms with van der Waals surface area (Å²) in [6.45, 7) is 3.08. The third kappa shape index (κ3) is 5.64. The van der Waals surface area contributed by atoms with E-state index in [0.29, 0.717) is 17.1 Å². The molecule has 178 valence electrons. The fraction of sp³-hybridized carbons (Fsp3) is 0.652. The number of sulfonamides is 1. The van der Waals surface area contributed by atoms with Gasteiger partial charge in [0.15, 0.2) is 0 Å². The predicted molar refractivity (Wildman–Crippen MR) is 127 cm³/mol. The van der Waals surface area contributed by atoms with Crippen molar-refractivity contribution in [3.63, 3.8) is 0 Å². The minimum atomic E-state index is -3.64. The molecule has 0 aromatic heterocycles. The lowest BCUT2D eigenvalue weighted by Gasteiger charge is -2.47. The summed E-state index contributed by atoms with van der Waals surface area (Å²) < 4.78 is 26.8. The van der Waals surface area contributed by atoms with E-state index in [1.807, 2.05) is 0 Å². The number of hydrogen-bond acceptors (Lipinski definition) is 4. The molecule has 1 atom stereocenters. The molecule has 0 spiro atoms. The van der Waals surface area contributed by atoms with E-state index in [4.69, 9.17) is 11.6 Å². The van der Waals surface area contributed by atoms with Crippen LogP contribution >= 0.6 is 11.6 Å². The molecule has 2 amide bonds. The van der Waals surface area contributed by atoms with Crippen molar-refractivity contribution in [1.82, 2.24) is 9.62 Å². The summed E-state index contributed by atoms with van der Waals surface area (Å²) in [5, 5.41) is 3.67. The van der Waals surface area contributed by atoms with Crippen LogP contribution in [0.4, 0.5) is 5.69 Å². The van der Waals surface area contributed by atoms with Gasteiger partial charge in [-0.2, -0.15) is 4.31 Å². The number of hydrogen-bond donors (Lipinski definition) is 1. The van der Waals surface area contributed by atoms with Gasteiger partial charge in [-0.1, -0.05) is 50.6 Å². The molecule has 1 N–H and O–H groups in total. The summed E-state index contributed by atoms with van der Waals surface area (Å²) in [7, 11) is -3.64.